The second-order valence-electron chi connectivity index (χ2n) is 3.02. The number of nitrogen functional groups attached to an aromatic ring is 1. The van der Waals surface area contributed by atoms with Crippen LogP contribution in [0.15, 0.2) is 35.3 Å². The number of rotatable bonds is 6. The van der Waals surface area contributed by atoms with Gasteiger partial charge in [0.2, 0.25) is 0 Å². The van der Waals surface area contributed by atoms with Crippen molar-refractivity contribution in [2.75, 3.05) is 29.1 Å². The molecule has 1 aromatic rings. The van der Waals surface area contributed by atoms with Crippen molar-refractivity contribution in [2.45, 2.75) is 0 Å². The second-order valence-corrected chi connectivity index (χ2v) is 5.09. The summed E-state index contributed by atoms with van der Waals surface area (Å²) in [6.45, 7) is 4.59. The van der Waals surface area contributed by atoms with Crippen LogP contribution in [0.5, 0.6) is 0 Å². The third-order valence-electron chi connectivity index (χ3n) is 1.81. The van der Waals surface area contributed by atoms with E-state index in [-0.39, 0.29) is 0 Å². The van der Waals surface area contributed by atoms with Crippen molar-refractivity contribution in [1.82, 2.24) is 0 Å². The average Bonchev–Trinajstić information content (AvgIpc) is 2.20. The number of halogens is 1. The van der Waals surface area contributed by atoms with Crippen LogP contribution in [0, 0.1) is 0 Å². The van der Waals surface area contributed by atoms with Crippen LogP contribution in [0.2, 0.25) is 0 Å². The summed E-state index contributed by atoms with van der Waals surface area (Å²) in [5, 5.41) is 3.30. The summed E-state index contributed by atoms with van der Waals surface area (Å²) in [6, 6.07) is 5.87. The normalized spacial score (nSPS) is 9.93. The van der Waals surface area contributed by atoms with Gasteiger partial charge in [-0.25, -0.2) is 0 Å². The van der Waals surface area contributed by atoms with Crippen LogP contribution in [0.25, 0.3) is 0 Å². The van der Waals surface area contributed by atoms with E-state index in [1.807, 2.05) is 36.0 Å². The van der Waals surface area contributed by atoms with Gasteiger partial charge in [0.15, 0.2) is 0 Å². The fourth-order valence-corrected chi connectivity index (χ4v) is 2.08. The van der Waals surface area contributed by atoms with E-state index in [1.165, 1.54) is 0 Å². The summed E-state index contributed by atoms with van der Waals surface area (Å²) in [7, 11) is 0. The van der Waals surface area contributed by atoms with Crippen molar-refractivity contribution in [1.29, 1.82) is 0 Å². The van der Waals surface area contributed by atoms with Crippen molar-refractivity contribution in [3.05, 3.63) is 35.3 Å². The average molecular weight is 287 g/mol. The first-order chi connectivity index (χ1) is 7.24. The molecule has 15 heavy (non-hydrogen) atoms. The predicted octanol–water partition coefficient (Wildman–Crippen LogP) is 3.36. The molecule has 0 atom stereocenters. The molecule has 0 radical (unpaired) electrons. The van der Waals surface area contributed by atoms with E-state index < -0.39 is 0 Å². The molecule has 0 amide bonds. The molecule has 1 aromatic carbocycles. The molecule has 0 heterocycles. The molecule has 1 rings (SSSR count). The number of nitrogens with one attached hydrogen (secondary N) is 1. The van der Waals surface area contributed by atoms with E-state index in [1.54, 1.807) is 0 Å². The summed E-state index contributed by atoms with van der Waals surface area (Å²) in [4.78, 5) is 0. The Morgan fingerprint density at radius 2 is 2.33 bits per heavy atom. The van der Waals surface area contributed by atoms with Crippen LogP contribution in [0.1, 0.15) is 0 Å². The minimum absolute atomic E-state index is 0.776. The number of thioether (sulfide) groups is 1. The SMILES string of the molecule is C=CCSCCNc1ccc(Br)cc1N. The maximum absolute atomic E-state index is 5.85. The van der Waals surface area contributed by atoms with Crippen LogP contribution in [0.4, 0.5) is 11.4 Å². The van der Waals surface area contributed by atoms with Crippen molar-refractivity contribution >= 4 is 39.1 Å². The first-order valence-electron chi connectivity index (χ1n) is 4.71. The van der Waals surface area contributed by atoms with Gasteiger partial charge in [-0.3, -0.25) is 0 Å². The van der Waals surface area contributed by atoms with Gasteiger partial charge in [0.05, 0.1) is 11.4 Å². The van der Waals surface area contributed by atoms with Gasteiger partial charge >= 0.3 is 0 Å². The number of hydrogen-bond acceptors (Lipinski definition) is 3. The maximum Gasteiger partial charge on any atom is 0.0574 e. The molecular weight excluding hydrogens is 272 g/mol. The topological polar surface area (TPSA) is 38.0 Å². The smallest absolute Gasteiger partial charge is 0.0574 e. The Hall–Kier alpha value is -0.610. The quantitative estimate of drug-likeness (QED) is 0.478. The first-order valence-corrected chi connectivity index (χ1v) is 6.66. The maximum atomic E-state index is 5.85. The third-order valence-corrected chi connectivity index (χ3v) is 3.27. The Morgan fingerprint density at radius 1 is 1.53 bits per heavy atom. The first kappa shape index (κ1) is 12.5. The molecule has 0 aliphatic rings. The van der Waals surface area contributed by atoms with Gasteiger partial charge in [0.1, 0.15) is 0 Å². The third kappa shape index (κ3) is 4.62. The van der Waals surface area contributed by atoms with Crippen LogP contribution < -0.4 is 11.1 Å². The molecule has 2 nitrogen and oxygen atoms in total. The number of benzene rings is 1. The molecule has 0 saturated carbocycles. The van der Waals surface area contributed by atoms with Gasteiger partial charge in [0, 0.05) is 22.5 Å². The van der Waals surface area contributed by atoms with Crippen molar-refractivity contribution in [3.63, 3.8) is 0 Å². The highest BCUT2D eigenvalue weighted by Crippen LogP contribution is 2.22. The summed E-state index contributed by atoms with van der Waals surface area (Å²) in [5.41, 5.74) is 7.62. The van der Waals surface area contributed by atoms with Gasteiger partial charge in [-0.2, -0.15) is 11.8 Å². The molecule has 0 spiro atoms. The number of nitrogens with two attached hydrogens (primary N) is 1. The molecule has 0 unspecified atom stereocenters. The van der Waals surface area contributed by atoms with E-state index >= 15 is 0 Å². The predicted molar refractivity (Wildman–Crippen MR) is 74.6 cm³/mol. The molecule has 0 aromatic heterocycles. The molecule has 0 saturated heterocycles. The molecule has 0 aliphatic carbocycles. The fraction of sp³-hybridized carbons (Fsp3) is 0.273. The lowest BCUT2D eigenvalue weighted by atomic mass is 10.3. The Morgan fingerprint density at radius 3 is 3.00 bits per heavy atom. The van der Waals surface area contributed by atoms with Gasteiger partial charge in [-0.1, -0.05) is 22.0 Å². The van der Waals surface area contributed by atoms with Gasteiger partial charge < -0.3 is 11.1 Å². The Labute approximate surface area is 103 Å². The van der Waals surface area contributed by atoms with Crippen molar-refractivity contribution < 1.29 is 0 Å². The summed E-state index contributed by atoms with van der Waals surface area (Å²) < 4.78 is 1.01. The van der Waals surface area contributed by atoms with Gasteiger partial charge in [-0.15, -0.1) is 6.58 Å². The fourth-order valence-electron chi connectivity index (χ4n) is 1.12. The highest BCUT2D eigenvalue weighted by atomic mass is 79.9. The molecule has 4 heteroatoms. The number of hydrogen-bond donors (Lipinski definition) is 2. The standard InChI is InChI=1S/C11H15BrN2S/c1-2-6-15-7-5-14-11-4-3-9(12)8-10(11)13/h2-4,8,14H,1,5-7,13H2. The van der Waals surface area contributed by atoms with Crippen LogP contribution >= 0.6 is 27.7 Å². The van der Waals surface area contributed by atoms with E-state index in [0.29, 0.717) is 0 Å². The Balaban J connectivity index is 2.34. The highest BCUT2D eigenvalue weighted by molar-refractivity contribution is 9.10. The molecule has 3 N–H and O–H groups in total. The van der Waals surface area contributed by atoms with E-state index in [0.717, 1.165) is 33.9 Å². The van der Waals surface area contributed by atoms with Crippen molar-refractivity contribution in [3.8, 4) is 0 Å². The Bertz CT molecular complexity index is 328. The monoisotopic (exact) mass is 286 g/mol. The zero-order valence-corrected chi connectivity index (χ0v) is 10.9. The van der Waals surface area contributed by atoms with E-state index in [9.17, 15) is 0 Å². The molecule has 0 aliphatic heterocycles. The molecule has 0 fully saturated rings. The zero-order valence-electron chi connectivity index (χ0n) is 8.50. The largest absolute Gasteiger partial charge is 0.397 e. The summed E-state index contributed by atoms with van der Waals surface area (Å²) in [6.07, 6.45) is 1.92. The molecule has 82 valence electrons. The minimum Gasteiger partial charge on any atom is -0.397 e. The lowest BCUT2D eigenvalue weighted by molar-refractivity contribution is 1.23. The lowest BCUT2D eigenvalue weighted by Crippen LogP contribution is -2.06. The van der Waals surface area contributed by atoms with E-state index in [4.69, 9.17) is 5.73 Å². The van der Waals surface area contributed by atoms with Gasteiger partial charge in [-0.05, 0) is 18.2 Å². The summed E-state index contributed by atoms with van der Waals surface area (Å²) in [5.74, 6) is 2.05. The zero-order chi connectivity index (χ0) is 11.1. The van der Waals surface area contributed by atoms with Gasteiger partial charge in [0.25, 0.3) is 0 Å². The number of anilines is 2. The van der Waals surface area contributed by atoms with Crippen LogP contribution in [0.3, 0.4) is 0 Å². The minimum atomic E-state index is 0.776. The van der Waals surface area contributed by atoms with Crippen LogP contribution in [-0.2, 0) is 0 Å². The lowest BCUT2D eigenvalue weighted by Gasteiger charge is -2.08. The summed E-state index contributed by atoms with van der Waals surface area (Å²) >= 11 is 5.23. The highest BCUT2D eigenvalue weighted by Gasteiger charge is 1.98. The van der Waals surface area contributed by atoms with E-state index in [2.05, 4.69) is 27.8 Å². The van der Waals surface area contributed by atoms with Crippen molar-refractivity contribution in [2.24, 2.45) is 0 Å². The molecular formula is C11H15BrN2S. The van der Waals surface area contributed by atoms with Crippen LogP contribution in [-0.4, -0.2) is 18.1 Å². The second kappa shape index (κ2) is 6.80. The Kier molecular flexibility index (Phi) is 5.65. The molecule has 0 bridgehead atoms.